The highest BCUT2D eigenvalue weighted by atomic mass is 16.5. The predicted octanol–water partition coefficient (Wildman–Crippen LogP) is 0.959. The molecule has 106 valence electrons. The van der Waals surface area contributed by atoms with Crippen LogP contribution in [-0.4, -0.2) is 30.1 Å². The number of rotatable bonds is 4. The summed E-state index contributed by atoms with van der Waals surface area (Å²) in [5.41, 5.74) is 2.25. The van der Waals surface area contributed by atoms with Crippen LogP contribution in [0.4, 0.5) is 0 Å². The topological polar surface area (TPSA) is 84.3 Å². The number of fused-ring (bicyclic) bond motifs is 1. The van der Waals surface area contributed by atoms with E-state index in [-0.39, 0.29) is 12.0 Å². The molecule has 1 aromatic heterocycles. The van der Waals surface area contributed by atoms with Crippen molar-refractivity contribution in [1.29, 1.82) is 0 Å². The van der Waals surface area contributed by atoms with Crippen LogP contribution < -0.4 is 11.1 Å². The number of aromatic nitrogens is 1. The first kappa shape index (κ1) is 12.9. The minimum atomic E-state index is -0.455. The standard InChI is InChI=1S/C14H16N2O4/c17-13(12-2-1-7-19-12)15-6-5-9-3-4-11-10(8-9)16-14(18)20-11/h3-4,8,12H,1-2,5-7H2,(H,15,17)(H,16,18). The summed E-state index contributed by atoms with van der Waals surface area (Å²) in [5.74, 6) is -0.496. The van der Waals surface area contributed by atoms with Gasteiger partial charge in [0.1, 0.15) is 6.10 Å². The predicted molar refractivity (Wildman–Crippen MR) is 72.5 cm³/mol. The van der Waals surface area contributed by atoms with Gasteiger partial charge in [0.15, 0.2) is 5.58 Å². The highest BCUT2D eigenvalue weighted by Crippen LogP contribution is 2.13. The number of hydrogen-bond donors (Lipinski definition) is 2. The minimum absolute atomic E-state index is 0.0414. The number of hydrogen-bond acceptors (Lipinski definition) is 4. The van der Waals surface area contributed by atoms with E-state index in [1.807, 2.05) is 12.1 Å². The quantitative estimate of drug-likeness (QED) is 0.871. The summed E-state index contributed by atoms with van der Waals surface area (Å²) in [4.78, 5) is 25.4. The van der Waals surface area contributed by atoms with E-state index >= 15 is 0 Å². The van der Waals surface area contributed by atoms with Crippen molar-refractivity contribution in [1.82, 2.24) is 10.3 Å². The number of oxazole rings is 1. The van der Waals surface area contributed by atoms with E-state index in [1.165, 1.54) is 0 Å². The third-order valence-corrected chi connectivity index (χ3v) is 3.42. The lowest BCUT2D eigenvalue weighted by Crippen LogP contribution is -2.35. The van der Waals surface area contributed by atoms with Crippen LogP contribution in [-0.2, 0) is 16.0 Å². The van der Waals surface area contributed by atoms with E-state index in [0.29, 0.717) is 30.7 Å². The SMILES string of the molecule is O=C(NCCc1ccc2oc(=O)[nH]c2c1)C1CCCO1. The summed E-state index contributed by atoms with van der Waals surface area (Å²) in [6, 6.07) is 5.50. The molecule has 1 aliphatic heterocycles. The lowest BCUT2D eigenvalue weighted by Gasteiger charge is -2.10. The van der Waals surface area contributed by atoms with Crippen LogP contribution in [0.3, 0.4) is 0 Å². The van der Waals surface area contributed by atoms with Crippen LogP contribution >= 0.6 is 0 Å². The molecule has 1 aromatic carbocycles. The summed E-state index contributed by atoms with van der Waals surface area (Å²) in [7, 11) is 0. The van der Waals surface area contributed by atoms with Crippen molar-refractivity contribution in [2.45, 2.75) is 25.4 Å². The lowest BCUT2D eigenvalue weighted by molar-refractivity contribution is -0.129. The Balaban J connectivity index is 1.56. The summed E-state index contributed by atoms with van der Waals surface area (Å²) in [6.07, 6.45) is 2.15. The van der Waals surface area contributed by atoms with Crippen LogP contribution in [0.1, 0.15) is 18.4 Å². The Morgan fingerprint density at radius 2 is 2.35 bits per heavy atom. The number of carbonyl (C=O) groups is 1. The van der Waals surface area contributed by atoms with E-state index in [1.54, 1.807) is 6.07 Å². The number of aromatic amines is 1. The third kappa shape index (κ3) is 2.75. The molecule has 6 nitrogen and oxygen atoms in total. The maximum Gasteiger partial charge on any atom is 0.417 e. The normalized spacial score (nSPS) is 18.5. The zero-order chi connectivity index (χ0) is 13.9. The zero-order valence-electron chi connectivity index (χ0n) is 11.0. The molecule has 3 rings (SSSR count). The van der Waals surface area contributed by atoms with Crippen LogP contribution in [0, 0.1) is 0 Å². The molecular weight excluding hydrogens is 260 g/mol. The van der Waals surface area contributed by atoms with E-state index in [0.717, 1.165) is 18.4 Å². The van der Waals surface area contributed by atoms with Gasteiger partial charge in [-0.3, -0.25) is 9.78 Å². The molecule has 0 spiro atoms. The van der Waals surface area contributed by atoms with Gasteiger partial charge in [-0.15, -0.1) is 0 Å². The molecule has 0 aliphatic carbocycles. The first-order valence-electron chi connectivity index (χ1n) is 6.73. The fourth-order valence-electron chi connectivity index (χ4n) is 2.38. The fourth-order valence-corrected chi connectivity index (χ4v) is 2.38. The second kappa shape index (κ2) is 5.50. The van der Waals surface area contributed by atoms with Crippen molar-refractivity contribution in [2.75, 3.05) is 13.2 Å². The Morgan fingerprint density at radius 3 is 3.15 bits per heavy atom. The molecular formula is C14H16N2O4. The number of benzene rings is 1. The molecule has 2 heterocycles. The molecule has 2 aromatic rings. The maximum absolute atomic E-state index is 11.8. The molecule has 1 unspecified atom stereocenters. The van der Waals surface area contributed by atoms with Crippen LogP contribution in [0.25, 0.3) is 11.1 Å². The van der Waals surface area contributed by atoms with Gasteiger partial charge in [0.05, 0.1) is 5.52 Å². The molecule has 6 heteroatoms. The Kier molecular flexibility index (Phi) is 3.56. The summed E-state index contributed by atoms with van der Waals surface area (Å²) in [6.45, 7) is 1.22. The number of nitrogens with one attached hydrogen (secondary N) is 2. The van der Waals surface area contributed by atoms with E-state index in [4.69, 9.17) is 9.15 Å². The summed E-state index contributed by atoms with van der Waals surface area (Å²) < 4.78 is 10.2. The Morgan fingerprint density at radius 1 is 1.45 bits per heavy atom. The first-order valence-corrected chi connectivity index (χ1v) is 6.73. The third-order valence-electron chi connectivity index (χ3n) is 3.42. The van der Waals surface area contributed by atoms with Gasteiger partial charge >= 0.3 is 5.76 Å². The largest absolute Gasteiger partial charge is 0.417 e. The molecule has 2 N–H and O–H groups in total. The van der Waals surface area contributed by atoms with Gasteiger partial charge in [0.2, 0.25) is 5.91 Å². The molecule has 0 saturated carbocycles. The zero-order valence-corrected chi connectivity index (χ0v) is 11.0. The van der Waals surface area contributed by atoms with Crippen molar-refractivity contribution in [3.63, 3.8) is 0 Å². The van der Waals surface area contributed by atoms with Crippen molar-refractivity contribution in [3.8, 4) is 0 Å². The smallest absolute Gasteiger partial charge is 0.408 e. The van der Waals surface area contributed by atoms with Crippen molar-refractivity contribution >= 4 is 17.0 Å². The molecule has 1 fully saturated rings. The molecule has 20 heavy (non-hydrogen) atoms. The monoisotopic (exact) mass is 276 g/mol. The van der Waals surface area contributed by atoms with Crippen LogP contribution in [0.5, 0.6) is 0 Å². The first-order chi connectivity index (χ1) is 9.72. The van der Waals surface area contributed by atoms with Gasteiger partial charge in [-0.2, -0.15) is 0 Å². The van der Waals surface area contributed by atoms with E-state index in [9.17, 15) is 9.59 Å². The second-order valence-electron chi connectivity index (χ2n) is 4.89. The van der Waals surface area contributed by atoms with Gasteiger partial charge < -0.3 is 14.5 Å². The van der Waals surface area contributed by atoms with Gasteiger partial charge in [0.25, 0.3) is 0 Å². The fraction of sp³-hybridized carbons (Fsp3) is 0.429. The van der Waals surface area contributed by atoms with Crippen LogP contribution in [0.15, 0.2) is 27.4 Å². The van der Waals surface area contributed by atoms with Gasteiger partial charge in [0, 0.05) is 13.2 Å². The molecule has 0 radical (unpaired) electrons. The number of H-pyrrole nitrogens is 1. The Hall–Kier alpha value is -2.08. The van der Waals surface area contributed by atoms with Crippen molar-refractivity contribution in [2.24, 2.45) is 0 Å². The molecule has 1 aliphatic rings. The highest BCUT2D eigenvalue weighted by Gasteiger charge is 2.22. The molecule has 1 atom stereocenters. The highest BCUT2D eigenvalue weighted by molar-refractivity contribution is 5.81. The number of ether oxygens (including phenoxy) is 1. The molecule has 0 bridgehead atoms. The Bertz CT molecular complexity index is 667. The molecule has 1 amide bonds. The maximum atomic E-state index is 11.8. The van der Waals surface area contributed by atoms with Gasteiger partial charge in [-0.1, -0.05) is 6.07 Å². The number of amides is 1. The minimum Gasteiger partial charge on any atom is -0.408 e. The van der Waals surface area contributed by atoms with Crippen LogP contribution in [0.2, 0.25) is 0 Å². The summed E-state index contributed by atoms with van der Waals surface area (Å²) >= 11 is 0. The Labute approximate surface area is 115 Å². The lowest BCUT2D eigenvalue weighted by atomic mass is 10.1. The second-order valence-corrected chi connectivity index (χ2v) is 4.89. The molecule has 1 saturated heterocycles. The van der Waals surface area contributed by atoms with Crippen molar-refractivity contribution in [3.05, 3.63) is 34.3 Å². The van der Waals surface area contributed by atoms with Gasteiger partial charge in [-0.25, -0.2) is 4.79 Å². The van der Waals surface area contributed by atoms with E-state index in [2.05, 4.69) is 10.3 Å². The van der Waals surface area contributed by atoms with Crippen molar-refractivity contribution < 1.29 is 13.9 Å². The average molecular weight is 276 g/mol. The average Bonchev–Trinajstić information content (AvgIpc) is 3.05. The van der Waals surface area contributed by atoms with Gasteiger partial charge in [-0.05, 0) is 37.0 Å². The number of carbonyl (C=O) groups excluding carboxylic acids is 1. The van der Waals surface area contributed by atoms with E-state index < -0.39 is 5.76 Å². The summed E-state index contributed by atoms with van der Waals surface area (Å²) in [5, 5.41) is 2.87.